The Morgan fingerprint density at radius 2 is 1.97 bits per heavy atom. The zero-order chi connectivity index (χ0) is 26.3. The van der Waals surface area contributed by atoms with Gasteiger partial charge in [0.05, 0.1) is 18.4 Å². The van der Waals surface area contributed by atoms with Crippen LogP contribution in [0.3, 0.4) is 0 Å². The third kappa shape index (κ3) is 5.70. The molecular weight excluding hydrogens is 492 g/mol. The van der Waals surface area contributed by atoms with Gasteiger partial charge in [0.1, 0.15) is 11.6 Å². The highest BCUT2D eigenvalue weighted by molar-refractivity contribution is 7.56. The highest BCUT2D eigenvalue weighted by atomic mass is 31.2. The van der Waals surface area contributed by atoms with Gasteiger partial charge in [0.2, 0.25) is 0 Å². The number of esters is 1. The summed E-state index contributed by atoms with van der Waals surface area (Å²) in [4.78, 5) is 38.2. The molecule has 4 rings (SSSR count). The predicted octanol–water partition coefficient (Wildman–Crippen LogP) is 3.03. The standard InChI is InChI=1S/C24H31FN3O7P/c1-15(2)33-20(30)16(3)27-36(32,13-17-8-6-5-7-9-17)35-18-12-24(18)14-23(4,25)21(34-24)28-11-10-19(29)26-22(28)31/h5-11,15-16,18,21H,12-14H2,1-4H3,(H,27,32)(H,26,29,31)/t16-,18-,21-,23-,24+,36?/m1/s1. The van der Waals surface area contributed by atoms with Crippen LogP contribution < -0.4 is 16.3 Å². The van der Waals surface area contributed by atoms with E-state index in [0.717, 1.165) is 16.2 Å². The van der Waals surface area contributed by atoms with E-state index < -0.39 is 54.4 Å². The van der Waals surface area contributed by atoms with E-state index in [9.17, 15) is 18.9 Å². The minimum absolute atomic E-state index is 0.00454. The van der Waals surface area contributed by atoms with Crippen molar-refractivity contribution in [3.63, 3.8) is 0 Å². The van der Waals surface area contributed by atoms with Gasteiger partial charge in [0, 0.05) is 25.1 Å². The SMILES string of the molecule is CC(C)OC(=O)[C@@H](C)NP(=O)(Cc1ccccc1)O[C@@H]1C[C@]12C[C@@](C)(F)[C@H](n1ccc(=O)[nH]c1=O)O2. The van der Waals surface area contributed by atoms with Gasteiger partial charge >= 0.3 is 11.7 Å². The van der Waals surface area contributed by atoms with E-state index in [-0.39, 0.29) is 25.1 Å². The topological polar surface area (TPSA) is 129 Å². The largest absolute Gasteiger partial charge is 0.462 e. The Balaban J connectivity index is 1.54. The Labute approximate surface area is 207 Å². The van der Waals surface area contributed by atoms with E-state index in [2.05, 4.69) is 10.1 Å². The summed E-state index contributed by atoms with van der Waals surface area (Å²) < 4.78 is 47.8. The first-order chi connectivity index (χ1) is 16.8. The number of hydrogen-bond acceptors (Lipinski definition) is 7. The molecule has 2 aromatic rings. The molecule has 1 saturated carbocycles. The number of alkyl halides is 1. The maximum absolute atomic E-state index is 15.6. The van der Waals surface area contributed by atoms with Crippen LogP contribution in [0, 0.1) is 0 Å². The lowest BCUT2D eigenvalue weighted by molar-refractivity contribution is -0.149. The lowest BCUT2D eigenvalue weighted by atomic mass is 10.0. The molecule has 1 saturated heterocycles. The third-order valence-electron chi connectivity index (χ3n) is 6.19. The number of rotatable bonds is 9. The Kier molecular flexibility index (Phi) is 7.13. The van der Waals surface area contributed by atoms with Crippen LogP contribution in [0.2, 0.25) is 0 Å². The van der Waals surface area contributed by atoms with Crippen molar-refractivity contribution >= 4 is 13.5 Å². The maximum atomic E-state index is 15.6. The Morgan fingerprint density at radius 1 is 1.28 bits per heavy atom. The van der Waals surface area contributed by atoms with Crippen molar-refractivity contribution in [1.29, 1.82) is 0 Å². The fourth-order valence-electron chi connectivity index (χ4n) is 4.54. The van der Waals surface area contributed by atoms with Gasteiger partial charge in [0.25, 0.3) is 13.1 Å². The molecule has 1 aliphatic heterocycles. The van der Waals surface area contributed by atoms with Gasteiger partial charge in [-0.25, -0.2) is 14.3 Å². The summed E-state index contributed by atoms with van der Waals surface area (Å²) in [6.45, 7) is 6.28. The molecule has 1 aromatic carbocycles. The number of ether oxygens (including phenoxy) is 2. The van der Waals surface area contributed by atoms with Crippen molar-refractivity contribution < 1.29 is 27.7 Å². The number of carbonyl (C=O) groups excluding carboxylic acids is 1. The van der Waals surface area contributed by atoms with Gasteiger partial charge in [-0.05, 0) is 33.3 Å². The van der Waals surface area contributed by atoms with Crippen LogP contribution in [-0.2, 0) is 29.5 Å². The Bertz CT molecular complexity index is 1280. The fraction of sp³-hybridized carbons (Fsp3) is 0.542. The van der Waals surface area contributed by atoms with Crippen LogP contribution >= 0.6 is 7.52 Å². The van der Waals surface area contributed by atoms with E-state index in [4.69, 9.17) is 14.0 Å². The molecule has 2 fully saturated rings. The normalized spacial score (nSPS) is 29.7. The average molecular weight is 523 g/mol. The predicted molar refractivity (Wildman–Crippen MR) is 129 cm³/mol. The molecule has 1 spiro atoms. The van der Waals surface area contributed by atoms with Crippen molar-refractivity contribution in [3.05, 3.63) is 69.0 Å². The van der Waals surface area contributed by atoms with E-state index in [1.165, 1.54) is 20.0 Å². The quantitative estimate of drug-likeness (QED) is 0.379. The maximum Gasteiger partial charge on any atom is 0.330 e. The number of aromatic nitrogens is 2. The first-order valence-corrected chi connectivity index (χ1v) is 13.6. The van der Waals surface area contributed by atoms with Gasteiger partial charge in [-0.15, -0.1) is 0 Å². The van der Waals surface area contributed by atoms with Crippen LogP contribution in [0.4, 0.5) is 4.39 Å². The molecule has 2 aliphatic rings. The number of carbonyl (C=O) groups is 1. The summed E-state index contributed by atoms with van der Waals surface area (Å²) in [5, 5.41) is 2.82. The van der Waals surface area contributed by atoms with Crippen molar-refractivity contribution in [2.24, 2.45) is 0 Å². The second-order valence-corrected chi connectivity index (χ2v) is 12.1. The molecule has 0 radical (unpaired) electrons. The van der Waals surface area contributed by atoms with E-state index in [1.54, 1.807) is 38.1 Å². The first kappa shape index (κ1) is 26.5. The van der Waals surface area contributed by atoms with Crippen LogP contribution in [-0.4, -0.2) is 45.0 Å². The van der Waals surface area contributed by atoms with Gasteiger partial charge in [-0.1, -0.05) is 30.3 Å². The third-order valence-corrected chi connectivity index (χ3v) is 8.35. The van der Waals surface area contributed by atoms with Gasteiger partial charge < -0.3 is 14.0 Å². The van der Waals surface area contributed by atoms with Crippen molar-refractivity contribution in [1.82, 2.24) is 14.6 Å². The lowest BCUT2D eigenvalue weighted by Crippen LogP contribution is -2.38. The number of halogens is 1. The van der Waals surface area contributed by atoms with Crippen molar-refractivity contribution in [2.75, 3.05) is 0 Å². The summed E-state index contributed by atoms with van der Waals surface area (Å²) in [6, 6.07) is 9.21. The van der Waals surface area contributed by atoms with Crippen LogP contribution in [0.15, 0.2) is 52.2 Å². The summed E-state index contributed by atoms with van der Waals surface area (Å²) >= 11 is 0. The molecule has 196 valence electrons. The zero-order valence-corrected chi connectivity index (χ0v) is 21.5. The summed E-state index contributed by atoms with van der Waals surface area (Å²) in [5.74, 6) is -0.571. The van der Waals surface area contributed by atoms with Crippen LogP contribution in [0.1, 0.15) is 52.3 Å². The van der Waals surface area contributed by atoms with Gasteiger partial charge in [0.15, 0.2) is 11.9 Å². The van der Waals surface area contributed by atoms with Crippen LogP contribution in [0.25, 0.3) is 0 Å². The highest BCUT2D eigenvalue weighted by Gasteiger charge is 2.69. The molecule has 2 heterocycles. The number of aromatic amines is 1. The lowest BCUT2D eigenvalue weighted by Gasteiger charge is -2.25. The first-order valence-electron chi connectivity index (χ1n) is 11.8. The summed E-state index contributed by atoms with van der Waals surface area (Å²) in [7, 11) is -3.69. The van der Waals surface area contributed by atoms with E-state index in [0.29, 0.717) is 0 Å². The summed E-state index contributed by atoms with van der Waals surface area (Å²) in [5.41, 5.74) is -3.71. The smallest absolute Gasteiger partial charge is 0.330 e. The number of hydrogen-bond donors (Lipinski definition) is 2. The highest BCUT2D eigenvalue weighted by Crippen LogP contribution is 2.63. The van der Waals surface area contributed by atoms with Gasteiger partial charge in [-0.2, -0.15) is 0 Å². The number of benzene rings is 1. The molecular formula is C24H31FN3O7P. The molecule has 36 heavy (non-hydrogen) atoms. The molecule has 1 aromatic heterocycles. The molecule has 0 amide bonds. The Morgan fingerprint density at radius 3 is 2.61 bits per heavy atom. The molecule has 12 heteroatoms. The van der Waals surface area contributed by atoms with Gasteiger partial charge in [-0.3, -0.25) is 23.7 Å². The number of nitrogens with zero attached hydrogens (tertiary/aromatic N) is 1. The zero-order valence-electron chi connectivity index (χ0n) is 20.6. The second kappa shape index (κ2) is 9.70. The fourth-order valence-corrected chi connectivity index (χ4v) is 6.83. The second-order valence-electron chi connectivity index (χ2n) is 9.96. The summed E-state index contributed by atoms with van der Waals surface area (Å²) in [6.07, 6.45) is -1.03. The average Bonchev–Trinajstić information content (AvgIpc) is 3.32. The van der Waals surface area contributed by atoms with Crippen LogP contribution in [0.5, 0.6) is 0 Å². The van der Waals surface area contributed by atoms with E-state index in [1.807, 2.05) is 6.07 Å². The molecule has 2 N–H and O–H groups in total. The molecule has 1 unspecified atom stereocenters. The van der Waals surface area contributed by atoms with Crippen molar-refractivity contribution in [3.8, 4) is 0 Å². The minimum atomic E-state index is -3.69. The van der Waals surface area contributed by atoms with Crippen molar-refractivity contribution in [2.45, 2.75) is 82.4 Å². The monoisotopic (exact) mass is 523 g/mol. The molecule has 1 aliphatic carbocycles. The Hall–Kier alpha value is -2.59. The molecule has 10 nitrogen and oxygen atoms in total. The number of H-pyrrole nitrogens is 1. The number of nitrogens with one attached hydrogen (secondary N) is 2. The molecule has 0 bridgehead atoms. The molecule has 6 atom stereocenters. The van der Waals surface area contributed by atoms with E-state index >= 15 is 4.39 Å². The minimum Gasteiger partial charge on any atom is -0.462 e.